The molecule has 4 rings (SSSR count). The van der Waals surface area contributed by atoms with E-state index in [1.807, 2.05) is 60.7 Å². The highest BCUT2D eigenvalue weighted by atomic mass is 16.5. The lowest BCUT2D eigenvalue weighted by atomic mass is 10.2. The van der Waals surface area contributed by atoms with Crippen LogP contribution in [0, 0.1) is 6.92 Å². The molecule has 0 spiro atoms. The van der Waals surface area contributed by atoms with Crippen molar-refractivity contribution < 1.29 is 4.74 Å². The molecule has 0 unspecified atom stereocenters. The van der Waals surface area contributed by atoms with E-state index in [9.17, 15) is 0 Å². The van der Waals surface area contributed by atoms with Crippen LogP contribution in [0.25, 0.3) is 10.9 Å². The number of aryl methyl sites for hydroxylation is 1. The third kappa shape index (κ3) is 3.82. The smallest absolute Gasteiger partial charge is 0.229 e. The summed E-state index contributed by atoms with van der Waals surface area (Å²) >= 11 is 0. The van der Waals surface area contributed by atoms with Gasteiger partial charge in [0.15, 0.2) is 0 Å². The predicted molar refractivity (Wildman–Crippen MR) is 110 cm³/mol. The molecule has 0 radical (unpaired) electrons. The van der Waals surface area contributed by atoms with Crippen LogP contribution in [0.3, 0.4) is 0 Å². The maximum atomic E-state index is 5.20. The van der Waals surface area contributed by atoms with Crippen LogP contribution in [0.5, 0.6) is 5.75 Å². The quantitative estimate of drug-likeness (QED) is 0.499. The summed E-state index contributed by atoms with van der Waals surface area (Å²) in [5, 5.41) is 7.64. The van der Waals surface area contributed by atoms with Crippen molar-refractivity contribution >= 4 is 34.0 Å². The number of nitrogens with one attached hydrogen (secondary N) is 2. The summed E-state index contributed by atoms with van der Waals surface area (Å²) in [6, 6.07) is 23.9. The normalized spacial score (nSPS) is 10.6. The van der Waals surface area contributed by atoms with Crippen LogP contribution in [0.2, 0.25) is 0 Å². The fourth-order valence-corrected chi connectivity index (χ4v) is 2.80. The molecule has 0 amide bonds. The molecule has 1 aromatic heterocycles. The van der Waals surface area contributed by atoms with Crippen molar-refractivity contribution in [2.24, 2.45) is 0 Å². The first-order chi connectivity index (χ1) is 13.2. The zero-order chi connectivity index (χ0) is 18.6. The van der Waals surface area contributed by atoms with Gasteiger partial charge in [-0.2, -0.15) is 4.98 Å². The molecule has 0 aliphatic carbocycles. The van der Waals surface area contributed by atoms with Gasteiger partial charge >= 0.3 is 0 Å². The highest BCUT2D eigenvalue weighted by Gasteiger charge is 2.08. The Balaban J connectivity index is 1.69. The van der Waals surface area contributed by atoms with Gasteiger partial charge in [-0.15, -0.1) is 0 Å². The van der Waals surface area contributed by atoms with Crippen LogP contribution < -0.4 is 15.4 Å². The molecule has 0 saturated heterocycles. The van der Waals surface area contributed by atoms with Crippen molar-refractivity contribution in [3.63, 3.8) is 0 Å². The van der Waals surface area contributed by atoms with Crippen LogP contribution >= 0.6 is 0 Å². The first kappa shape index (κ1) is 16.8. The third-order valence-electron chi connectivity index (χ3n) is 4.26. The number of fused-ring (bicyclic) bond motifs is 1. The maximum absolute atomic E-state index is 5.20. The van der Waals surface area contributed by atoms with Gasteiger partial charge in [0.25, 0.3) is 0 Å². The van der Waals surface area contributed by atoms with Gasteiger partial charge in [-0.25, -0.2) is 4.98 Å². The third-order valence-corrected chi connectivity index (χ3v) is 4.26. The largest absolute Gasteiger partial charge is 0.497 e. The number of nitrogens with zero attached hydrogens (tertiary/aromatic N) is 2. The van der Waals surface area contributed by atoms with Crippen LogP contribution in [-0.2, 0) is 0 Å². The summed E-state index contributed by atoms with van der Waals surface area (Å²) in [6.07, 6.45) is 0. The molecule has 3 aromatic carbocycles. The molecule has 5 heteroatoms. The molecular weight excluding hydrogens is 336 g/mol. The van der Waals surface area contributed by atoms with Gasteiger partial charge in [-0.3, -0.25) is 0 Å². The molecule has 0 aliphatic rings. The molecule has 0 aliphatic heterocycles. The Morgan fingerprint density at radius 1 is 0.741 bits per heavy atom. The summed E-state index contributed by atoms with van der Waals surface area (Å²) in [6.45, 7) is 2.07. The van der Waals surface area contributed by atoms with Crippen LogP contribution in [0.15, 0.2) is 72.8 Å². The van der Waals surface area contributed by atoms with E-state index >= 15 is 0 Å². The van der Waals surface area contributed by atoms with Gasteiger partial charge in [0, 0.05) is 16.8 Å². The van der Waals surface area contributed by atoms with Gasteiger partial charge in [0.1, 0.15) is 11.6 Å². The minimum Gasteiger partial charge on any atom is -0.497 e. The Hall–Kier alpha value is -3.60. The Labute approximate surface area is 158 Å². The minimum atomic E-state index is 0.536. The van der Waals surface area contributed by atoms with E-state index < -0.39 is 0 Å². The summed E-state index contributed by atoms with van der Waals surface area (Å²) in [5.41, 5.74) is 3.97. The van der Waals surface area contributed by atoms with E-state index in [0.717, 1.165) is 33.8 Å². The number of ether oxygens (including phenoxy) is 1. The molecule has 5 nitrogen and oxygen atoms in total. The average Bonchev–Trinajstić information content (AvgIpc) is 2.70. The molecule has 1 heterocycles. The predicted octanol–water partition coefficient (Wildman–Crippen LogP) is 5.43. The lowest BCUT2D eigenvalue weighted by molar-refractivity contribution is 0.415. The number of anilines is 4. The number of aromatic nitrogens is 2. The van der Waals surface area contributed by atoms with Crippen molar-refractivity contribution in [2.45, 2.75) is 6.92 Å². The van der Waals surface area contributed by atoms with E-state index in [-0.39, 0.29) is 0 Å². The Morgan fingerprint density at radius 2 is 1.41 bits per heavy atom. The fourth-order valence-electron chi connectivity index (χ4n) is 2.80. The lowest BCUT2D eigenvalue weighted by Crippen LogP contribution is -2.02. The van der Waals surface area contributed by atoms with E-state index in [0.29, 0.717) is 5.95 Å². The fraction of sp³-hybridized carbons (Fsp3) is 0.0909. The molecule has 0 bridgehead atoms. The first-order valence-electron chi connectivity index (χ1n) is 8.73. The Bertz CT molecular complexity index is 1060. The van der Waals surface area contributed by atoms with Crippen molar-refractivity contribution in [2.75, 3.05) is 17.7 Å². The second kappa shape index (κ2) is 7.33. The molecule has 0 fully saturated rings. The Morgan fingerprint density at radius 3 is 2.15 bits per heavy atom. The van der Waals surface area contributed by atoms with Crippen LogP contribution in [0.1, 0.15) is 5.56 Å². The van der Waals surface area contributed by atoms with Gasteiger partial charge in [-0.1, -0.05) is 29.8 Å². The first-order valence-corrected chi connectivity index (χ1v) is 8.73. The number of hydrogen-bond acceptors (Lipinski definition) is 5. The summed E-state index contributed by atoms with van der Waals surface area (Å²) < 4.78 is 5.20. The van der Waals surface area contributed by atoms with Crippen molar-refractivity contribution in [1.29, 1.82) is 0 Å². The second-order valence-electron chi connectivity index (χ2n) is 6.26. The lowest BCUT2D eigenvalue weighted by Gasteiger charge is -2.12. The molecule has 27 heavy (non-hydrogen) atoms. The molecule has 4 aromatic rings. The van der Waals surface area contributed by atoms with E-state index in [1.165, 1.54) is 5.56 Å². The Kier molecular flexibility index (Phi) is 4.58. The van der Waals surface area contributed by atoms with E-state index in [4.69, 9.17) is 9.72 Å². The highest BCUT2D eigenvalue weighted by Crippen LogP contribution is 2.27. The van der Waals surface area contributed by atoms with Crippen molar-refractivity contribution in [3.8, 4) is 5.75 Å². The number of rotatable bonds is 5. The minimum absolute atomic E-state index is 0.536. The number of methoxy groups -OCH3 is 1. The van der Waals surface area contributed by atoms with Crippen LogP contribution in [0.4, 0.5) is 23.1 Å². The van der Waals surface area contributed by atoms with E-state index in [2.05, 4.69) is 34.7 Å². The maximum Gasteiger partial charge on any atom is 0.229 e. The SMILES string of the molecule is COc1ccc(Nc2nc(Nc3ccc(C)cc3)c3ccccc3n2)cc1. The summed E-state index contributed by atoms with van der Waals surface area (Å²) in [4.78, 5) is 9.33. The van der Waals surface area contributed by atoms with Gasteiger partial charge in [-0.05, 0) is 55.5 Å². The van der Waals surface area contributed by atoms with Crippen molar-refractivity contribution in [3.05, 3.63) is 78.4 Å². The zero-order valence-corrected chi connectivity index (χ0v) is 15.2. The molecule has 134 valence electrons. The van der Waals surface area contributed by atoms with Crippen molar-refractivity contribution in [1.82, 2.24) is 9.97 Å². The number of benzene rings is 3. The molecule has 0 saturated carbocycles. The topological polar surface area (TPSA) is 59.1 Å². The van der Waals surface area contributed by atoms with Gasteiger partial charge in [0.2, 0.25) is 5.95 Å². The number of hydrogen-bond donors (Lipinski definition) is 2. The molecular formula is C22H20N4O. The second-order valence-corrected chi connectivity index (χ2v) is 6.26. The summed E-state index contributed by atoms with van der Waals surface area (Å²) in [5.74, 6) is 2.11. The van der Waals surface area contributed by atoms with E-state index in [1.54, 1.807) is 7.11 Å². The average molecular weight is 356 g/mol. The van der Waals surface area contributed by atoms with Gasteiger partial charge < -0.3 is 15.4 Å². The highest BCUT2D eigenvalue weighted by molar-refractivity contribution is 5.92. The monoisotopic (exact) mass is 356 g/mol. The summed E-state index contributed by atoms with van der Waals surface area (Å²) in [7, 11) is 1.65. The molecule has 2 N–H and O–H groups in total. The van der Waals surface area contributed by atoms with Crippen LogP contribution in [-0.4, -0.2) is 17.1 Å². The van der Waals surface area contributed by atoms with Gasteiger partial charge in [0.05, 0.1) is 12.6 Å². The standard InChI is InChI=1S/C22H20N4O/c1-15-7-9-16(10-8-15)23-21-19-5-3-4-6-20(19)25-22(26-21)24-17-11-13-18(27-2)14-12-17/h3-14H,1-2H3,(H2,23,24,25,26). The zero-order valence-electron chi connectivity index (χ0n) is 15.2. The number of para-hydroxylation sites is 1. The molecule has 0 atom stereocenters.